The molecule has 0 aliphatic rings. The Morgan fingerprint density at radius 3 is 2.80 bits per heavy atom. The summed E-state index contributed by atoms with van der Waals surface area (Å²) >= 11 is 0. The van der Waals surface area contributed by atoms with Crippen molar-refractivity contribution in [2.45, 2.75) is 26.4 Å². The summed E-state index contributed by atoms with van der Waals surface area (Å²) in [7, 11) is 0. The summed E-state index contributed by atoms with van der Waals surface area (Å²) in [4.78, 5) is 16.7. The minimum absolute atomic E-state index is 0.107. The Morgan fingerprint density at radius 1 is 1.16 bits per heavy atom. The van der Waals surface area contributed by atoms with Crippen LogP contribution in [0.5, 0.6) is 0 Å². The normalized spacial score (nSPS) is 10.7. The van der Waals surface area contributed by atoms with Crippen LogP contribution < -0.4 is 10.6 Å². The van der Waals surface area contributed by atoms with Crippen molar-refractivity contribution in [3.8, 4) is 5.82 Å². The van der Waals surface area contributed by atoms with Gasteiger partial charge in [0.15, 0.2) is 5.82 Å². The molecule has 3 aromatic rings. The van der Waals surface area contributed by atoms with Gasteiger partial charge in [-0.3, -0.25) is 4.79 Å². The number of hydrogen-bond acceptors (Lipinski definition) is 4. The average Bonchev–Trinajstić information content (AvgIpc) is 3.14. The third kappa shape index (κ3) is 4.44. The molecule has 2 N–H and O–H groups in total. The van der Waals surface area contributed by atoms with Crippen LogP contribution in [0.2, 0.25) is 0 Å². The van der Waals surface area contributed by atoms with Crippen molar-refractivity contribution in [1.82, 2.24) is 20.1 Å². The van der Waals surface area contributed by atoms with E-state index in [1.807, 2.05) is 48.7 Å². The molecule has 0 saturated heterocycles. The molecule has 6 heteroatoms. The van der Waals surface area contributed by atoms with E-state index in [4.69, 9.17) is 0 Å². The molecular weight excluding hydrogens is 314 g/mol. The van der Waals surface area contributed by atoms with Gasteiger partial charge in [0, 0.05) is 42.4 Å². The summed E-state index contributed by atoms with van der Waals surface area (Å²) in [6.45, 7) is 4.55. The summed E-state index contributed by atoms with van der Waals surface area (Å²) in [5.74, 6) is 0.615. The van der Waals surface area contributed by atoms with Crippen LogP contribution in [-0.4, -0.2) is 26.7 Å². The molecule has 2 heterocycles. The second-order valence-corrected chi connectivity index (χ2v) is 6.04. The van der Waals surface area contributed by atoms with Crippen molar-refractivity contribution in [3.05, 3.63) is 72.2 Å². The van der Waals surface area contributed by atoms with Crippen molar-refractivity contribution in [3.63, 3.8) is 0 Å². The molecule has 6 nitrogen and oxygen atoms in total. The molecule has 0 aliphatic heterocycles. The van der Waals surface area contributed by atoms with Gasteiger partial charge in [-0.15, -0.1) is 0 Å². The zero-order valence-electron chi connectivity index (χ0n) is 14.3. The third-order valence-electron chi connectivity index (χ3n) is 3.58. The molecule has 0 fully saturated rings. The lowest BCUT2D eigenvalue weighted by Crippen LogP contribution is -2.23. The summed E-state index contributed by atoms with van der Waals surface area (Å²) in [5, 5.41) is 10.4. The number of benzene rings is 1. The van der Waals surface area contributed by atoms with Crippen molar-refractivity contribution in [2.24, 2.45) is 0 Å². The van der Waals surface area contributed by atoms with Gasteiger partial charge in [-0.05, 0) is 55.8 Å². The van der Waals surface area contributed by atoms with Crippen LogP contribution in [0.4, 0.5) is 5.69 Å². The highest BCUT2D eigenvalue weighted by atomic mass is 16.1. The molecule has 1 aromatic carbocycles. The molecule has 0 bridgehead atoms. The van der Waals surface area contributed by atoms with Crippen LogP contribution in [0.1, 0.15) is 29.8 Å². The van der Waals surface area contributed by atoms with Gasteiger partial charge < -0.3 is 10.6 Å². The quantitative estimate of drug-likeness (QED) is 0.726. The average molecular weight is 335 g/mol. The summed E-state index contributed by atoms with van der Waals surface area (Å²) in [5.41, 5.74) is 2.53. The van der Waals surface area contributed by atoms with Crippen LogP contribution in [0.25, 0.3) is 5.82 Å². The predicted molar refractivity (Wildman–Crippen MR) is 97.7 cm³/mol. The van der Waals surface area contributed by atoms with Crippen LogP contribution in [0, 0.1) is 0 Å². The highest BCUT2D eigenvalue weighted by Crippen LogP contribution is 2.12. The number of anilines is 1. The molecule has 0 spiro atoms. The third-order valence-corrected chi connectivity index (χ3v) is 3.58. The fourth-order valence-corrected chi connectivity index (χ4v) is 2.47. The lowest BCUT2D eigenvalue weighted by molar-refractivity contribution is 0.0951. The fourth-order valence-electron chi connectivity index (χ4n) is 2.47. The van der Waals surface area contributed by atoms with E-state index in [1.54, 1.807) is 17.1 Å². The fraction of sp³-hybridized carbons (Fsp3) is 0.211. The molecule has 0 unspecified atom stereocenters. The van der Waals surface area contributed by atoms with Gasteiger partial charge in [-0.25, -0.2) is 9.67 Å². The molecule has 3 rings (SSSR count). The van der Waals surface area contributed by atoms with Gasteiger partial charge in [0.1, 0.15) is 0 Å². The van der Waals surface area contributed by atoms with E-state index in [2.05, 4.69) is 34.6 Å². The maximum Gasteiger partial charge on any atom is 0.251 e. The molecule has 2 aromatic heterocycles. The van der Waals surface area contributed by atoms with Crippen molar-refractivity contribution in [2.75, 3.05) is 5.32 Å². The van der Waals surface area contributed by atoms with E-state index in [0.29, 0.717) is 18.2 Å². The Labute approximate surface area is 146 Å². The highest BCUT2D eigenvalue weighted by Gasteiger charge is 2.07. The maximum atomic E-state index is 12.4. The zero-order chi connectivity index (χ0) is 17.6. The second kappa shape index (κ2) is 7.61. The molecule has 128 valence electrons. The smallest absolute Gasteiger partial charge is 0.251 e. The van der Waals surface area contributed by atoms with Gasteiger partial charge >= 0.3 is 0 Å². The first-order valence-electron chi connectivity index (χ1n) is 8.21. The number of aromatic nitrogens is 3. The van der Waals surface area contributed by atoms with E-state index in [9.17, 15) is 4.79 Å². The topological polar surface area (TPSA) is 71.8 Å². The van der Waals surface area contributed by atoms with E-state index >= 15 is 0 Å². The largest absolute Gasteiger partial charge is 0.383 e. The number of pyridine rings is 1. The number of amides is 1. The summed E-state index contributed by atoms with van der Waals surface area (Å²) in [6, 6.07) is 13.4. The lowest BCUT2D eigenvalue weighted by atomic mass is 10.1. The number of nitrogens with one attached hydrogen (secondary N) is 2. The van der Waals surface area contributed by atoms with Crippen LogP contribution in [0.3, 0.4) is 0 Å². The van der Waals surface area contributed by atoms with Crippen molar-refractivity contribution < 1.29 is 4.79 Å². The number of carbonyl (C=O) groups is 1. The first-order valence-corrected chi connectivity index (χ1v) is 8.21. The van der Waals surface area contributed by atoms with E-state index in [0.717, 1.165) is 17.1 Å². The standard InChI is InChI=1S/C19H21N5O/c1-14(2)23-17-6-3-5-16(12-17)19(25)21-13-15-7-9-20-18(11-15)24-10-4-8-22-24/h3-12,14,23H,13H2,1-2H3,(H,21,25). The van der Waals surface area contributed by atoms with Gasteiger partial charge in [-0.2, -0.15) is 5.10 Å². The SMILES string of the molecule is CC(C)Nc1cccc(C(=O)NCc2ccnc(-n3cccn3)c2)c1. The minimum atomic E-state index is -0.107. The maximum absolute atomic E-state index is 12.4. The van der Waals surface area contributed by atoms with Crippen LogP contribution >= 0.6 is 0 Å². The van der Waals surface area contributed by atoms with Gasteiger partial charge in [0.2, 0.25) is 0 Å². The Balaban J connectivity index is 1.65. The molecule has 25 heavy (non-hydrogen) atoms. The monoisotopic (exact) mass is 335 g/mol. The number of hydrogen-bond donors (Lipinski definition) is 2. The van der Waals surface area contributed by atoms with Crippen LogP contribution in [0.15, 0.2) is 61.1 Å². The molecule has 0 radical (unpaired) electrons. The predicted octanol–water partition coefficient (Wildman–Crippen LogP) is 3.02. The zero-order valence-corrected chi connectivity index (χ0v) is 14.3. The van der Waals surface area contributed by atoms with Gasteiger partial charge in [0.25, 0.3) is 5.91 Å². The molecule has 0 atom stereocenters. The Bertz CT molecular complexity index is 843. The van der Waals surface area contributed by atoms with Gasteiger partial charge in [0.05, 0.1) is 0 Å². The minimum Gasteiger partial charge on any atom is -0.383 e. The Morgan fingerprint density at radius 2 is 2.04 bits per heavy atom. The van der Waals surface area contributed by atoms with E-state index in [1.165, 1.54) is 0 Å². The van der Waals surface area contributed by atoms with E-state index < -0.39 is 0 Å². The number of rotatable bonds is 6. The highest BCUT2D eigenvalue weighted by molar-refractivity contribution is 5.95. The van der Waals surface area contributed by atoms with Gasteiger partial charge in [-0.1, -0.05) is 6.07 Å². The summed E-state index contributed by atoms with van der Waals surface area (Å²) < 4.78 is 1.69. The first-order chi connectivity index (χ1) is 12.1. The van der Waals surface area contributed by atoms with Crippen LogP contribution in [-0.2, 0) is 6.54 Å². The molecule has 1 amide bonds. The van der Waals surface area contributed by atoms with Crippen molar-refractivity contribution in [1.29, 1.82) is 0 Å². The first kappa shape index (κ1) is 16.7. The summed E-state index contributed by atoms with van der Waals surface area (Å²) in [6.07, 6.45) is 5.25. The number of nitrogens with zero attached hydrogens (tertiary/aromatic N) is 3. The second-order valence-electron chi connectivity index (χ2n) is 6.04. The van der Waals surface area contributed by atoms with Crippen molar-refractivity contribution >= 4 is 11.6 Å². The Hall–Kier alpha value is -3.15. The molecule has 0 aliphatic carbocycles. The number of carbonyl (C=O) groups excluding carboxylic acids is 1. The molecule has 0 saturated carbocycles. The van der Waals surface area contributed by atoms with E-state index in [-0.39, 0.29) is 5.91 Å². The molecular formula is C19H21N5O. The lowest BCUT2D eigenvalue weighted by Gasteiger charge is -2.11. The Kier molecular flexibility index (Phi) is 5.09.